The summed E-state index contributed by atoms with van der Waals surface area (Å²) in [5, 5.41) is 0. The van der Waals surface area contributed by atoms with Gasteiger partial charge in [-0.25, -0.2) is 4.70 Å². The van der Waals surface area contributed by atoms with Crippen LogP contribution in [0.4, 0.5) is 0 Å². The monoisotopic (exact) mass is 594 g/mol. The molecule has 2 nitrogen and oxygen atoms in total. The van der Waals surface area contributed by atoms with Crippen LogP contribution in [0.3, 0.4) is 0 Å². The molecule has 2 aromatic rings. The Morgan fingerprint density at radius 2 is 1.02 bits per heavy atom. The summed E-state index contributed by atoms with van der Waals surface area (Å²) >= 11 is 0. The Morgan fingerprint density at radius 3 is 1.59 bits per heavy atom. The molecule has 1 aliphatic rings. The number of hydrogen-bond acceptors (Lipinski definition) is 0. The number of unbranched alkanes of at least 4 members (excludes halogenated alkanes) is 13. The highest BCUT2D eigenvalue weighted by Gasteiger charge is 2.34. The van der Waals surface area contributed by atoms with Crippen LogP contribution in [0.15, 0.2) is 71.8 Å². The van der Waals surface area contributed by atoms with Crippen LogP contribution in [0.5, 0.6) is 0 Å². The molecule has 3 rings (SSSR count). The van der Waals surface area contributed by atoms with Gasteiger partial charge in [0.2, 0.25) is 11.4 Å². The minimum atomic E-state index is 0.956. The van der Waals surface area contributed by atoms with E-state index in [1.807, 2.05) is 0 Å². The molecule has 2 aromatic carbocycles. The molecule has 0 radical (unpaired) electrons. The van der Waals surface area contributed by atoms with Crippen molar-refractivity contribution in [2.24, 2.45) is 0 Å². The van der Waals surface area contributed by atoms with Crippen molar-refractivity contribution in [2.75, 3.05) is 0 Å². The number of allylic oxidation sites excluding steroid dienone is 4. The number of nitrogens with zero attached hydrogens (tertiary/aromatic N) is 2. The maximum atomic E-state index is 12.1. The fourth-order valence-corrected chi connectivity index (χ4v) is 6.50. The molecule has 1 aliphatic heterocycles. The lowest BCUT2D eigenvalue weighted by atomic mass is 9.93. The zero-order valence-electron chi connectivity index (χ0n) is 28.8. The first-order valence-corrected chi connectivity index (χ1v) is 18.5. The maximum Gasteiger partial charge on any atom is 0.215 e. The second kappa shape index (κ2) is 21.1. The van der Waals surface area contributed by atoms with Crippen molar-refractivity contribution in [1.29, 1.82) is 0 Å². The smallest absolute Gasteiger partial charge is 0.215 e. The Balaban J connectivity index is 2.02. The molecule has 0 bridgehead atoms. The van der Waals surface area contributed by atoms with E-state index in [2.05, 4.69) is 88.4 Å². The number of aryl methyl sites for hydroxylation is 2. The molecule has 44 heavy (non-hydrogen) atoms. The molecule has 0 N–H and O–H groups in total. The first-order valence-electron chi connectivity index (χ1n) is 18.5. The summed E-state index contributed by atoms with van der Waals surface area (Å²) in [5.41, 5.74) is 21.6. The van der Waals surface area contributed by atoms with Crippen LogP contribution < -0.4 is 0 Å². The summed E-state index contributed by atoms with van der Waals surface area (Å²) in [6, 6.07) is 18.0. The normalized spacial score (nSPS) is 13.7. The van der Waals surface area contributed by atoms with Crippen molar-refractivity contribution < 1.29 is 4.70 Å². The highest BCUT2D eigenvalue weighted by Crippen LogP contribution is 2.43. The molecular weight excluding hydrogens is 532 g/mol. The molecule has 0 saturated carbocycles. The van der Waals surface area contributed by atoms with Crippen molar-refractivity contribution in [3.63, 3.8) is 0 Å². The van der Waals surface area contributed by atoms with Crippen LogP contribution in [0.2, 0.25) is 0 Å². The van der Waals surface area contributed by atoms with Crippen LogP contribution in [-0.2, 0) is 12.8 Å². The minimum absolute atomic E-state index is 0.956. The maximum absolute atomic E-state index is 12.1. The van der Waals surface area contributed by atoms with Gasteiger partial charge in [0, 0.05) is 16.7 Å². The second-order valence-corrected chi connectivity index (χ2v) is 13.0. The van der Waals surface area contributed by atoms with E-state index >= 15 is 0 Å². The van der Waals surface area contributed by atoms with E-state index in [4.69, 9.17) is 0 Å². The largest absolute Gasteiger partial charge is 0.493 e. The molecule has 0 aliphatic carbocycles. The number of benzene rings is 2. The zero-order chi connectivity index (χ0) is 31.4. The summed E-state index contributed by atoms with van der Waals surface area (Å²) < 4.78 is 1.55. The van der Waals surface area contributed by atoms with Gasteiger partial charge in [0.1, 0.15) is 0 Å². The van der Waals surface area contributed by atoms with E-state index in [9.17, 15) is 5.53 Å². The minimum Gasteiger partial charge on any atom is -0.493 e. The van der Waals surface area contributed by atoms with Crippen LogP contribution in [0.25, 0.3) is 16.9 Å². The molecule has 0 amide bonds. The molecule has 0 unspecified atom stereocenters. The molecule has 0 spiro atoms. The summed E-state index contributed by atoms with van der Waals surface area (Å²) in [7, 11) is 0. The lowest BCUT2D eigenvalue weighted by Gasteiger charge is -2.12. The van der Waals surface area contributed by atoms with Gasteiger partial charge in [-0.05, 0) is 80.3 Å². The Kier molecular flexibility index (Phi) is 17.1. The van der Waals surface area contributed by atoms with Crippen molar-refractivity contribution in [3.05, 3.63) is 99.6 Å². The van der Waals surface area contributed by atoms with E-state index < -0.39 is 0 Å². The van der Waals surface area contributed by atoms with E-state index in [0.717, 1.165) is 54.6 Å². The van der Waals surface area contributed by atoms with Gasteiger partial charge in [0.25, 0.3) is 0 Å². The van der Waals surface area contributed by atoms with Gasteiger partial charge in [0.15, 0.2) is 0 Å². The molecule has 1 heterocycles. The standard InChI is InChI=1S/C42H62N2/c1-5-9-13-17-18-22-32-40-39(31-21-16-12-8-4)41(37-29-23-27-35(33-37)25-19-14-10-6-2)44(43)42(40)38-30-24-28-36(34-38)26-20-15-11-7-3/h21,23-24,27-31,33-34H,5-20,22,25-26,32H2,1-4H3. The Hall–Kier alpha value is -2.74. The van der Waals surface area contributed by atoms with E-state index in [-0.39, 0.29) is 0 Å². The van der Waals surface area contributed by atoms with Gasteiger partial charge in [-0.1, -0.05) is 148 Å². The van der Waals surface area contributed by atoms with E-state index in [1.165, 1.54) is 119 Å². The van der Waals surface area contributed by atoms with Gasteiger partial charge < -0.3 is 5.53 Å². The average Bonchev–Trinajstić information content (AvgIpc) is 3.32. The van der Waals surface area contributed by atoms with Crippen molar-refractivity contribution in [1.82, 2.24) is 0 Å². The van der Waals surface area contributed by atoms with Gasteiger partial charge in [-0.15, -0.1) is 0 Å². The number of rotatable bonds is 23. The van der Waals surface area contributed by atoms with Gasteiger partial charge >= 0.3 is 0 Å². The third-order valence-corrected chi connectivity index (χ3v) is 9.12. The van der Waals surface area contributed by atoms with Crippen LogP contribution in [0, 0.1) is 0 Å². The summed E-state index contributed by atoms with van der Waals surface area (Å²) in [6.45, 7) is 9.09. The molecule has 2 heteroatoms. The first kappa shape index (κ1) is 35.7. The Morgan fingerprint density at radius 1 is 0.545 bits per heavy atom. The second-order valence-electron chi connectivity index (χ2n) is 13.0. The van der Waals surface area contributed by atoms with E-state index in [0.29, 0.717) is 0 Å². The fraction of sp³-hybridized carbons (Fsp3) is 0.571. The van der Waals surface area contributed by atoms with Gasteiger partial charge in [-0.2, -0.15) is 0 Å². The van der Waals surface area contributed by atoms with Crippen LogP contribution in [0.1, 0.15) is 166 Å². The predicted molar refractivity (Wildman–Crippen MR) is 193 cm³/mol. The highest BCUT2D eigenvalue weighted by atomic mass is 15.2. The first-order chi connectivity index (χ1) is 21.6. The van der Waals surface area contributed by atoms with Crippen LogP contribution in [-0.4, -0.2) is 4.70 Å². The lowest BCUT2D eigenvalue weighted by molar-refractivity contribution is -0.345. The van der Waals surface area contributed by atoms with Crippen molar-refractivity contribution >= 4 is 11.4 Å². The zero-order valence-corrected chi connectivity index (χ0v) is 28.8. The topological polar surface area (TPSA) is 25.3 Å². The van der Waals surface area contributed by atoms with Gasteiger partial charge in [0.05, 0.1) is 5.57 Å². The Labute approximate surface area is 271 Å². The van der Waals surface area contributed by atoms with Gasteiger partial charge in [-0.3, -0.25) is 0 Å². The molecule has 0 atom stereocenters. The summed E-state index contributed by atoms with van der Waals surface area (Å²) in [4.78, 5) is 0. The molecular formula is C42H62N2. The third-order valence-electron chi connectivity index (χ3n) is 9.12. The van der Waals surface area contributed by atoms with E-state index in [1.54, 1.807) is 4.70 Å². The summed E-state index contributed by atoms with van der Waals surface area (Å²) in [5.74, 6) is 0. The average molecular weight is 595 g/mol. The predicted octanol–water partition coefficient (Wildman–Crippen LogP) is 13.6. The SMILES string of the molecule is CCCCC=CC1=C(c2cccc(CCCCCC)c2)[N+](=[N-])C(c2cccc(CCCCCC)c2)=C1CCCCCCCC. The highest BCUT2D eigenvalue weighted by molar-refractivity contribution is 5.84. The molecule has 240 valence electrons. The molecule has 0 saturated heterocycles. The summed E-state index contributed by atoms with van der Waals surface area (Å²) in [6.07, 6.45) is 29.1. The van der Waals surface area contributed by atoms with Crippen LogP contribution >= 0.6 is 0 Å². The quantitative estimate of drug-likeness (QED) is 0.0903. The molecule has 0 aromatic heterocycles. The lowest BCUT2D eigenvalue weighted by Crippen LogP contribution is -2.03. The number of hydrogen-bond donors (Lipinski definition) is 0. The van der Waals surface area contributed by atoms with Crippen molar-refractivity contribution in [2.45, 2.75) is 156 Å². The Bertz CT molecular complexity index is 1230. The fourth-order valence-electron chi connectivity index (χ4n) is 6.50. The van der Waals surface area contributed by atoms with Crippen molar-refractivity contribution in [3.8, 4) is 0 Å². The molecule has 0 fully saturated rings. The third kappa shape index (κ3) is 11.3.